The first-order valence-corrected chi connectivity index (χ1v) is 22.8. The van der Waals surface area contributed by atoms with Crippen LogP contribution < -0.4 is 5.32 Å². The Bertz CT molecular complexity index is 1060. The Balaban J connectivity index is 6.76. The summed E-state index contributed by atoms with van der Waals surface area (Å²) in [5.41, 5.74) is -0.582. The number of allylic oxidation sites excluding steroid dienone is 3. The molecule has 9 heteroatoms. The SMILES string of the molecule is C=CC=C[C@H](C)[C@@](O)(NC(=O)O)[C@H](C)[C@H](O[Si](C)(C)C(C)(C)C)[C@@H](C)CC(C)=C[C@H](C)[C@@H](O[Si](C)(C)C(C)(C)C)[C@@H](C)C=CCO. The highest BCUT2D eigenvalue weighted by Gasteiger charge is 2.49. The molecule has 0 heterocycles. The standard InChI is InChI=1S/C37H71NO6Si2/c1-18-19-22-30(6)37(42,38-34(40)41)31(7)33(44-46(16,17)36(11,12)13)29(5)25-26(2)24-28(4)32(27(3)21-20-23-39)43-45(14,15)35(8,9)10/h18-22,24,27-33,38-39,42H,1,23,25H2,2-17H3,(H,40,41)/t27-,28-,29-,30-,31+,32-,33+,37-/m0/s1. The summed E-state index contributed by atoms with van der Waals surface area (Å²) >= 11 is 0. The van der Waals surface area contributed by atoms with Gasteiger partial charge in [0, 0.05) is 11.8 Å². The Morgan fingerprint density at radius 1 is 0.870 bits per heavy atom. The van der Waals surface area contributed by atoms with Crippen molar-refractivity contribution in [1.29, 1.82) is 0 Å². The predicted octanol–water partition coefficient (Wildman–Crippen LogP) is 9.53. The van der Waals surface area contributed by atoms with Crippen molar-refractivity contribution in [3.8, 4) is 0 Å². The quantitative estimate of drug-likeness (QED) is 0.0497. The molecule has 0 saturated heterocycles. The number of aliphatic hydroxyl groups excluding tert-OH is 1. The van der Waals surface area contributed by atoms with Crippen molar-refractivity contribution < 1.29 is 29.0 Å². The van der Waals surface area contributed by atoms with Crippen LogP contribution in [0.4, 0.5) is 4.79 Å². The second kappa shape index (κ2) is 17.8. The van der Waals surface area contributed by atoms with Gasteiger partial charge in [0.05, 0.1) is 18.8 Å². The molecule has 0 aliphatic heterocycles. The molecule has 7 nitrogen and oxygen atoms in total. The van der Waals surface area contributed by atoms with Crippen molar-refractivity contribution in [2.24, 2.45) is 29.6 Å². The van der Waals surface area contributed by atoms with E-state index in [9.17, 15) is 20.1 Å². The minimum absolute atomic E-state index is 0.00318. The Morgan fingerprint density at radius 2 is 1.35 bits per heavy atom. The van der Waals surface area contributed by atoms with E-state index in [-0.39, 0.29) is 40.5 Å². The molecular formula is C37H71NO6Si2. The number of carbonyl (C=O) groups is 1. The van der Waals surface area contributed by atoms with Crippen LogP contribution in [0.1, 0.15) is 89.5 Å². The van der Waals surface area contributed by atoms with E-state index in [1.807, 2.05) is 19.9 Å². The molecule has 268 valence electrons. The first-order valence-electron chi connectivity index (χ1n) is 17.0. The van der Waals surface area contributed by atoms with Crippen LogP contribution in [0.15, 0.2) is 48.6 Å². The topological polar surface area (TPSA) is 108 Å². The van der Waals surface area contributed by atoms with Crippen LogP contribution in [0.5, 0.6) is 0 Å². The van der Waals surface area contributed by atoms with Crippen LogP contribution in [0.25, 0.3) is 0 Å². The molecule has 8 atom stereocenters. The summed E-state index contributed by atoms with van der Waals surface area (Å²) < 4.78 is 14.1. The fourth-order valence-corrected chi connectivity index (χ4v) is 8.45. The number of amides is 1. The molecule has 46 heavy (non-hydrogen) atoms. The van der Waals surface area contributed by atoms with Gasteiger partial charge in [-0.2, -0.15) is 0 Å². The van der Waals surface area contributed by atoms with Crippen LogP contribution in [0.2, 0.25) is 36.3 Å². The van der Waals surface area contributed by atoms with E-state index in [0.29, 0.717) is 6.42 Å². The summed E-state index contributed by atoms with van der Waals surface area (Å²) in [4.78, 5) is 12.0. The molecule has 0 aromatic rings. The van der Waals surface area contributed by atoms with Gasteiger partial charge in [0.25, 0.3) is 0 Å². The highest BCUT2D eigenvalue weighted by Crippen LogP contribution is 2.43. The summed E-state index contributed by atoms with van der Waals surface area (Å²) in [6, 6.07) is 0. The van der Waals surface area contributed by atoms with Gasteiger partial charge >= 0.3 is 6.09 Å². The van der Waals surface area contributed by atoms with E-state index in [2.05, 4.69) is 113 Å². The maximum absolute atomic E-state index is 12.0. The lowest BCUT2D eigenvalue weighted by Gasteiger charge is -2.48. The molecule has 0 bridgehead atoms. The smallest absolute Gasteiger partial charge is 0.406 e. The van der Waals surface area contributed by atoms with Gasteiger partial charge in [-0.15, -0.1) is 0 Å². The van der Waals surface area contributed by atoms with Gasteiger partial charge in [0.1, 0.15) is 0 Å². The van der Waals surface area contributed by atoms with E-state index in [1.165, 1.54) is 5.57 Å². The highest BCUT2D eigenvalue weighted by atomic mass is 28.4. The third-order valence-electron chi connectivity index (χ3n) is 10.5. The lowest BCUT2D eigenvalue weighted by Crippen LogP contribution is -2.62. The van der Waals surface area contributed by atoms with Gasteiger partial charge in [0.2, 0.25) is 0 Å². The number of aliphatic hydroxyl groups is 2. The van der Waals surface area contributed by atoms with Gasteiger partial charge in [-0.1, -0.05) is 125 Å². The lowest BCUT2D eigenvalue weighted by atomic mass is 9.77. The van der Waals surface area contributed by atoms with E-state index >= 15 is 0 Å². The Morgan fingerprint density at radius 3 is 1.76 bits per heavy atom. The van der Waals surface area contributed by atoms with Crippen molar-refractivity contribution in [2.75, 3.05) is 6.61 Å². The fraction of sp³-hybridized carbons (Fsp3) is 0.757. The molecule has 0 unspecified atom stereocenters. The van der Waals surface area contributed by atoms with Crippen molar-refractivity contribution in [1.82, 2.24) is 5.32 Å². The summed E-state index contributed by atoms with van der Waals surface area (Å²) in [5, 5.41) is 33.7. The minimum Gasteiger partial charge on any atom is -0.465 e. The minimum atomic E-state index is -2.33. The van der Waals surface area contributed by atoms with Gasteiger partial charge < -0.3 is 24.2 Å². The first kappa shape index (κ1) is 44.5. The Kier molecular flexibility index (Phi) is 17.2. The predicted molar refractivity (Wildman–Crippen MR) is 200 cm³/mol. The van der Waals surface area contributed by atoms with Crippen LogP contribution in [-0.4, -0.2) is 62.6 Å². The molecule has 0 spiro atoms. The molecule has 0 fully saturated rings. The number of carboxylic acid groups (broad SMARTS) is 1. The lowest BCUT2D eigenvalue weighted by molar-refractivity contribution is -0.112. The van der Waals surface area contributed by atoms with Crippen LogP contribution in [0.3, 0.4) is 0 Å². The van der Waals surface area contributed by atoms with E-state index in [1.54, 1.807) is 24.3 Å². The maximum Gasteiger partial charge on any atom is 0.406 e. The van der Waals surface area contributed by atoms with E-state index < -0.39 is 46.4 Å². The van der Waals surface area contributed by atoms with Crippen LogP contribution >= 0.6 is 0 Å². The zero-order valence-electron chi connectivity index (χ0n) is 32.2. The first-order chi connectivity index (χ1) is 20.7. The maximum atomic E-state index is 12.0. The van der Waals surface area contributed by atoms with E-state index in [0.717, 1.165) is 0 Å². The molecular weight excluding hydrogens is 611 g/mol. The third kappa shape index (κ3) is 12.8. The van der Waals surface area contributed by atoms with E-state index in [4.69, 9.17) is 8.85 Å². The fourth-order valence-electron chi connectivity index (χ4n) is 5.52. The van der Waals surface area contributed by atoms with Crippen molar-refractivity contribution in [3.63, 3.8) is 0 Å². The summed E-state index contributed by atoms with van der Waals surface area (Å²) in [5.74, 6) is -0.925. The third-order valence-corrected chi connectivity index (χ3v) is 19.5. The molecule has 0 aliphatic carbocycles. The van der Waals surface area contributed by atoms with Crippen molar-refractivity contribution in [2.45, 2.75) is 144 Å². The molecule has 4 N–H and O–H groups in total. The number of nitrogens with one attached hydrogen (secondary N) is 1. The molecule has 0 aliphatic rings. The molecule has 0 radical (unpaired) electrons. The van der Waals surface area contributed by atoms with Crippen molar-refractivity contribution in [3.05, 3.63) is 48.6 Å². The van der Waals surface area contributed by atoms with Crippen LogP contribution in [-0.2, 0) is 8.85 Å². The molecule has 0 aromatic heterocycles. The monoisotopic (exact) mass is 681 g/mol. The Labute approximate surface area is 284 Å². The average Bonchev–Trinajstić information content (AvgIpc) is 2.89. The van der Waals surface area contributed by atoms with Gasteiger partial charge in [-0.05, 0) is 67.4 Å². The second-order valence-corrected chi connectivity index (χ2v) is 26.2. The largest absolute Gasteiger partial charge is 0.465 e. The Hall–Kier alpha value is -1.50. The van der Waals surface area contributed by atoms with Gasteiger partial charge in [-0.25, -0.2) is 4.79 Å². The molecule has 0 rings (SSSR count). The summed E-state index contributed by atoms with van der Waals surface area (Å²) in [6.07, 6.45) is 10.2. The van der Waals surface area contributed by atoms with Gasteiger partial charge in [0.15, 0.2) is 22.4 Å². The zero-order valence-corrected chi connectivity index (χ0v) is 34.2. The highest BCUT2D eigenvalue weighted by molar-refractivity contribution is 6.74. The molecule has 0 saturated carbocycles. The molecule has 1 amide bonds. The molecule has 0 aromatic carbocycles. The average molecular weight is 682 g/mol. The number of rotatable bonds is 18. The number of hydrogen-bond donors (Lipinski definition) is 4. The number of hydrogen-bond acceptors (Lipinski definition) is 5. The summed E-state index contributed by atoms with van der Waals surface area (Å²) in [7, 11) is -4.41. The second-order valence-electron chi connectivity index (χ2n) is 16.7. The van der Waals surface area contributed by atoms with Crippen molar-refractivity contribution >= 4 is 22.7 Å². The van der Waals surface area contributed by atoms with Gasteiger partial charge in [-0.3, -0.25) is 5.32 Å². The zero-order chi connectivity index (χ0) is 36.5. The normalized spacial score (nSPS) is 20.1. The van der Waals surface area contributed by atoms with Crippen LogP contribution in [0, 0.1) is 29.6 Å². The summed E-state index contributed by atoms with van der Waals surface area (Å²) in [6.45, 7) is 38.3.